The van der Waals surface area contributed by atoms with Crippen LogP contribution in [0.5, 0.6) is 0 Å². The molecule has 1 atom stereocenters. The van der Waals surface area contributed by atoms with Crippen molar-refractivity contribution < 1.29 is 9.59 Å². The maximum Gasteiger partial charge on any atom is 0.242 e. The van der Waals surface area contributed by atoms with Crippen molar-refractivity contribution in [1.29, 1.82) is 0 Å². The number of benzene rings is 1. The highest BCUT2D eigenvalue weighted by Gasteiger charge is 2.33. The van der Waals surface area contributed by atoms with Gasteiger partial charge in [-0.1, -0.05) is 44.2 Å². The molecule has 1 fully saturated rings. The van der Waals surface area contributed by atoms with Crippen LogP contribution in [0, 0.1) is 0 Å². The summed E-state index contributed by atoms with van der Waals surface area (Å²) in [6.45, 7) is 7.01. The van der Waals surface area contributed by atoms with Crippen molar-refractivity contribution in [3.8, 4) is 0 Å². The average molecular weight is 288 g/mol. The fourth-order valence-electron chi connectivity index (χ4n) is 2.83. The van der Waals surface area contributed by atoms with Gasteiger partial charge >= 0.3 is 0 Å². The van der Waals surface area contributed by atoms with Crippen molar-refractivity contribution in [1.82, 2.24) is 10.2 Å². The predicted octanol–water partition coefficient (Wildman–Crippen LogP) is 2.09. The van der Waals surface area contributed by atoms with Crippen LogP contribution < -0.4 is 5.32 Å². The Kier molecular flexibility index (Phi) is 4.66. The molecule has 4 heteroatoms. The van der Waals surface area contributed by atoms with Gasteiger partial charge in [-0.25, -0.2) is 0 Å². The van der Waals surface area contributed by atoms with Crippen molar-refractivity contribution in [2.45, 2.75) is 45.1 Å². The number of hydrogen-bond acceptors (Lipinski definition) is 2. The largest absolute Gasteiger partial charge is 0.353 e. The summed E-state index contributed by atoms with van der Waals surface area (Å²) in [4.78, 5) is 25.5. The molecule has 0 spiro atoms. The molecular formula is C17H24N2O2. The maximum atomic E-state index is 12.3. The van der Waals surface area contributed by atoms with Gasteiger partial charge in [0.2, 0.25) is 11.8 Å². The second-order valence-corrected chi connectivity index (χ2v) is 6.34. The van der Waals surface area contributed by atoms with E-state index in [0.717, 1.165) is 12.8 Å². The third-order valence-electron chi connectivity index (χ3n) is 4.22. The van der Waals surface area contributed by atoms with Crippen molar-refractivity contribution in [3.05, 3.63) is 35.9 Å². The van der Waals surface area contributed by atoms with E-state index in [4.69, 9.17) is 0 Å². The smallest absolute Gasteiger partial charge is 0.242 e. The molecular weight excluding hydrogens is 264 g/mol. The number of carbonyl (C=O) groups excluding carboxylic acids is 2. The lowest BCUT2D eigenvalue weighted by atomic mass is 9.84. The molecule has 21 heavy (non-hydrogen) atoms. The second kappa shape index (κ2) is 6.29. The van der Waals surface area contributed by atoms with E-state index in [9.17, 15) is 9.59 Å². The van der Waals surface area contributed by atoms with Gasteiger partial charge in [0, 0.05) is 25.4 Å². The Labute approximate surface area is 126 Å². The number of rotatable bonds is 4. The van der Waals surface area contributed by atoms with Gasteiger partial charge in [-0.05, 0) is 18.4 Å². The van der Waals surface area contributed by atoms with Crippen molar-refractivity contribution in [2.24, 2.45) is 0 Å². The van der Waals surface area contributed by atoms with Crippen LogP contribution in [0.25, 0.3) is 0 Å². The second-order valence-electron chi connectivity index (χ2n) is 6.34. The molecule has 2 amide bonds. The van der Waals surface area contributed by atoms with Crippen LogP contribution in [0.4, 0.5) is 0 Å². The van der Waals surface area contributed by atoms with Crippen LogP contribution in [0.2, 0.25) is 0 Å². The molecule has 0 unspecified atom stereocenters. The molecule has 4 nitrogen and oxygen atoms in total. The topological polar surface area (TPSA) is 49.4 Å². The van der Waals surface area contributed by atoms with E-state index in [1.807, 2.05) is 18.2 Å². The third-order valence-corrected chi connectivity index (χ3v) is 4.22. The number of nitrogens with zero attached hydrogens (tertiary/aromatic N) is 1. The van der Waals surface area contributed by atoms with Crippen LogP contribution in [0.3, 0.4) is 0 Å². The highest BCUT2D eigenvalue weighted by molar-refractivity contribution is 5.87. The fourth-order valence-corrected chi connectivity index (χ4v) is 2.83. The van der Waals surface area contributed by atoms with Gasteiger partial charge in [-0.3, -0.25) is 9.59 Å². The summed E-state index contributed by atoms with van der Waals surface area (Å²) in [6.07, 6.45) is 1.66. The lowest BCUT2D eigenvalue weighted by Gasteiger charge is -2.28. The lowest BCUT2D eigenvalue weighted by molar-refractivity contribution is -0.136. The molecule has 0 aromatic heterocycles. The first kappa shape index (κ1) is 15.5. The van der Waals surface area contributed by atoms with Gasteiger partial charge in [-0.15, -0.1) is 0 Å². The molecule has 1 aromatic carbocycles. The molecule has 1 heterocycles. The lowest BCUT2D eigenvalue weighted by Crippen LogP contribution is -2.48. The Morgan fingerprint density at radius 3 is 2.57 bits per heavy atom. The molecule has 1 aliphatic heterocycles. The van der Waals surface area contributed by atoms with Gasteiger partial charge in [0.15, 0.2) is 0 Å². The molecule has 1 aliphatic rings. The van der Waals surface area contributed by atoms with Gasteiger partial charge in [0.05, 0.1) is 0 Å². The van der Waals surface area contributed by atoms with E-state index < -0.39 is 0 Å². The fraction of sp³-hybridized carbons (Fsp3) is 0.529. The minimum absolute atomic E-state index is 0.0185. The summed E-state index contributed by atoms with van der Waals surface area (Å²) >= 11 is 0. The van der Waals surface area contributed by atoms with E-state index >= 15 is 0 Å². The number of likely N-dealkylation sites (tertiary alicyclic amines) is 1. The van der Waals surface area contributed by atoms with Crippen molar-refractivity contribution in [3.63, 3.8) is 0 Å². The summed E-state index contributed by atoms with van der Waals surface area (Å²) in [5.74, 6) is -0.0540. The van der Waals surface area contributed by atoms with E-state index in [1.165, 1.54) is 12.5 Å². The van der Waals surface area contributed by atoms with Gasteiger partial charge < -0.3 is 10.2 Å². The zero-order valence-corrected chi connectivity index (χ0v) is 13.1. The molecule has 2 rings (SSSR count). The standard InChI is InChI=1S/C17H24N2O2/c1-13(20)19-11-7-10-15(19)16(21)18-12-17(2,3)14-8-5-4-6-9-14/h4-6,8-9,15H,7,10-12H2,1-3H3,(H,18,21)/t15-/m1/s1. The molecule has 1 saturated heterocycles. The Morgan fingerprint density at radius 2 is 1.95 bits per heavy atom. The van der Waals surface area contributed by atoms with Gasteiger partial charge in [0.25, 0.3) is 0 Å². The first-order valence-corrected chi connectivity index (χ1v) is 7.52. The Morgan fingerprint density at radius 1 is 1.29 bits per heavy atom. The number of hydrogen-bond donors (Lipinski definition) is 1. The van der Waals surface area contributed by atoms with Gasteiger partial charge in [0.1, 0.15) is 6.04 Å². The number of nitrogens with one attached hydrogen (secondary N) is 1. The van der Waals surface area contributed by atoms with E-state index in [2.05, 4.69) is 31.3 Å². The van der Waals surface area contributed by atoms with Crippen molar-refractivity contribution in [2.75, 3.05) is 13.1 Å². The molecule has 1 N–H and O–H groups in total. The zero-order chi connectivity index (χ0) is 15.5. The van der Waals surface area contributed by atoms with Crippen LogP contribution in [0.1, 0.15) is 39.2 Å². The maximum absolute atomic E-state index is 12.3. The van der Waals surface area contributed by atoms with E-state index in [1.54, 1.807) is 4.90 Å². The predicted molar refractivity (Wildman–Crippen MR) is 82.9 cm³/mol. The zero-order valence-electron chi connectivity index (χ0n) is 13.1. The van der Waals surface area contributed by atoms with Crippen LogP contribution in [0.15, 0.2) is 30.3 Å². The summed E-state index contributed by atoms with van der Waals surface area (Å²) < 4.78 is 0. The normalized spacial score (nSPS) is 18.6. The number of carbonyl (C=O) groups is 2. The first-order valence-electron chi connectivity index (χ1n) is 7.52. The average Bonchev–Trinajstić information content (AvgIpc) is 2.95. The highest BCUT2D eigenvalue weighted by atomic mass is 16.2. The molecule has 0 saturated carbocycles. The molecule has 0 aliphatic carbocycles. The van der Waals surface area contributed by atoms with Crippen LogP contribution >= 0.6 is 0 Å². The molecule has 1 aromatic rings. The van der Waals surface area contributed by atoms with Crippen LogP contribution in [-0.4, -0.2) is 35.8 Å². The quantitative estimate of drug-likeness (QED) is 0.922. The summed E-state index contributed by atoms with van der Waals surface area (Å²) in [7, 11) is 0. The van der Waals surface area contributed by atoms with E-state index in [0.29, 0.717) is 13.1 Å². The molecule has 114 valence electrons. The summed E-state index contributed by atoms with van der Waals surface area (Å²) in [6, 6.07) is 9.85. The Hall–Kier alpha value is -1.84. The minimum Gasteiger partial charge on any atom is -0.353 e. The number of amides is 2. The molecule has 0 radical (unpaired) electrons. The monoisotopic (exact) mass is 288 g/mol. The summed E-state index contributed by atoms with van der Waals surface area (Å²) in [5, 5.41) is 3.02. The Bertz CT molecular complexity index is 511. The van der Waals surface area contributed by atoms with Crippen molar-refractivity contribution >= 4 is 11.8 Å². The SMILES string of the molecule is CC(=O)N1CCC[C@@H]1C(=O)NCC(C)(C)c1ccccc1. The van der Waals surface area contributed by atoms with E-state index in [-0.39, 0.29) is 23.3 Å². The van der Waals surface area contributed by atoms with Gasteiger partial charge in [-0.2, -0.15) is 0 Å². The minimum atomic E-state index is -0.297. The third kappa shape index (κ3) is 3.63. The summed E-state index contributed by atoms with van der Waals surface area (Å²) in [5.41, 5.74) is 1.07. The molecule has 0 bridgehead atoms. The first-order chi connectivity index (χ1) is 9.92. The van der Waals surface area contributed by atoms with Crippen LogP contribution in [-0.2, 0) is 15.0 Å². The highest BCUT2D eigenvalue weighted by Crippen LogP contribution is 2.22. The Balaban J connectivity index is 1.96.